The summed E-state index contributed by atoms with van der Waals surface area (Å²) in [7, 11) is 1.57. The van der Waals surface area contributed by atoms with E-state index in [-0.39, 0.29) is 23.9 Å². The van der Waals surface area contributed by atoms with Gasteiger partial charge < -0.3 is 30.9 Å². The van der Waals surface area contributed by atoms with E-state index in [4.69, 9.17) is 9.72 Å². The number of methoxy groups -OCH3 is 1. The first-order chi connectivity index (χ1) is 17.0. The zero-order valence-corrected chi connectivity index (χ0v) is 20.7. The molecule has 1 aromatic carbocycles. The fourth-order valence-corrected chi connectivity index (χ4v) is 4.66. The van der Waals surface area contributed by atoms with Gasteiger partial charge in [0.05, 0.1) is 19.0 Å². The van der Waals surface area contributed by atoms with Gasteiger partial charge >= 0.3 is 0 Å². The van der Waals surface area contributed by atoms with Crippen molar-refractivity contribution in [1.29, 1.82) is 0 Å². The predicted octanol–water partition coefficient (Wildman–Crippen LogP) is 3.05. The number of hydrogen-bond donors (Lipinski definition) is 4. The highest BCUT2D eigenvalue weighted by Gasteiger charge is 2.26. The monoisotopic (exact) mass is 481 g/mol. The Labute approximate surface area is 206 Å². The summed E-state index contributed by atoms with van der Waals surface area (Å²) in [6, 6.07) is 5.74. The lowest BCUT2D eigenvalue weighted by Gasteiger charge is -2.31. The minimum absolute atomic E-state index is 0.0379. The van der Waals surface area contributed by atoms with E-state index in [0.717, 1.165) is 38.8 Å². The predicted molar refractivity (Wildman–Crippen MR) is 137 cm³/mol. The number of hydrogen-bond acceptors (Lipinski definition) is 8. The molecule has 0 atom stereocenters. The van der Waals surface area contributed by atoms with Crippen molar-refractivity contribution in [3.63, 3.8) is 0 Å². The number of carbonyl (C=O) groups is 2. The van der Waals surface area contributed by atoms with Crippen molar-refractivity contribution in [2.24, 2.45) is 0 Å². The first-order valence-electron chi connectivity index (χ1n) is 12.4. The lowest BCUT2D eigenvalue weighted by atomic mass is 10.1. The van der Waals surface area contributed by atoms with E-state index >= 15 is 0 Å². The smallest absolute Gasteiger partial charge is 0.251 e. The van der Waals surface area contributed by atoms with E-state index in [9.17, 15) is 9.59 Å². The quantitative estimate of drug-likeness (QED) is 0.454. The van der Waals surface area contributed by atoms with Crippen LogP contribution in [0.5, 0.6) is 5.75 Å². The van der Waals surface area contributed by atoms with Gasteiger partial charge in [0.25, 0.3) is 5.91 Å². The molecule has 1 aromatic heterocycles. The number of fused-ring (bicyclic) bond motifs is 1. The molecule has 0 radical (unpaired) electrons. The highest BCUT2D eigenvalue weighted by Crippen LogP contribution is 2.33. The van der Waals surface area contributed by atoms with Crippen LogP contribution in [0.2, 0.25) is 0 Å². The maximum atomic E-state index is 12.8. The number of aromatic nitrogens is 2. The Morgan fingerprint density at radius 1 is 1.26 bits per heavy atom. The van der Waals surface area contributed by atoms with Crippen LogP contribution >= 0.6 is 0 Å². The van der Waals surface area contributed by atoms with E-state index in [0.29, 0.717) is 47.4 Å². The van der Waals surface area contributed by atoms with Crippen LogP contribution in [0.3, 0.4) is 0 Å². The van der Waals surface area contributed by atoms with Crippen molar-refractivity contribution >= 4 is 35.0 Å². The zero-order chi connectivity index (χ0) is 24.8. The molecule has 2 aromatic rings. The molecule has 2 aliphatic rings. The van der Waals surface area contributed by atoms with Crippen LogP contribution in [0.1, 0.15) is 56.3 Å². The Bertz CT molecular complexity index is 1050. The van der Waals surface area contributed by atoms with Crippen molar-refractivity contribution in [3.05, 3.63) is 30.0 Å². The number of rotatable bonds is 8. The molecule has 0 bridgehead atoms. The number of nitrogens with one attached hydrogen (secondary N) is 4. The lowest BCUT2D eigenvalue weighted by molar-refractivity contribution is -0.116. The molecule has 2 aliphatic heterocycles. The summed E-state index contributed by atoms with van der Waals surface area (Å²) in [4.78, 5) is 36.3. The number of nitrogens with zero attached hydrogens (tertiary/aromatic N) is 3. The first kappa shape index (κ1) is 24.7. The largest absolute Gasteiger partial charge is 0.495 e. The molecular weight excluding hydrogens is 446 g/mol. The van der Waals surface area contributed by atoms with Crippen LogP contribution in [0, 0.1) is 0 Å². The fraction of sp³-hybridized carbons (Fsp3) is 0.520. The van der Waals surface area contributed by atoms with Gasteiger partial charge in [-0.2, -0.15) is 4.98 Å². The second-order valence-corrected chi connectivity index (χ2v) is 8.93. The van der Waals surface area contributed by atoms with E-state index < -0.39 is 0 Å². The molecule has 0 saturated carbocycles. The molecule has 1 fully saturated rings. The molecule has 4 rings (SSSR count). The Balaban J connectivity index is 1.55. The van der Waals surface area contributed by atoms with Gasteiger partial charge in [0.2, 0.25) is 11.9 Å². The van der Waals surface area contributed by atoms with Crippen LogP contribution in [0.4, 0.5) is 23.1 Å². The summed E-state index contributed by atoms with van der Waals surface area (Å²) in [5.41, 5.74) is 1.80. The number of ether oxygens (including phenoxy) is 1. The summed E-state index contributed by atoms with van der Waals surface area (Å²) in [6.07, 6.45) is 5.79. The van der Waals surface area contributed by atoms with Crippen LogP contribution in [0.25, 0.3) is 0 Å². The second-order valence-electron chi connectivity index (χ2n) is 8.93. The topological polar surface area (TPSA) is 121 Å². The molecule has 10 nitrogen and oxygen atoms in total. The maximum absolute atomic E-state index is 12.8. The minimum Gasteiger partial charge on any atom is -0.495 e. The Kier molecular flexibility index (Phi) is 8.02. The average Bonchev–Trinajstić information content (AvgIpc) is 3.04. The molecular formula is C25H35N7O3. The Hall–Kier alpha value is -3.40. The SMILES string of the molecule is CCC(CC)N1CCC(=O)Nc2cnc(Nc3ccc(C(=O)NC4CCNCC4)cc3OC)nc21. The van der Waals surface area contributed by atoms with Gasteiger partial charge in [-0.25, -0.2) is 4.98 Å². The molecule has 4 N–H and O–H groups in total. The zero-order valence-electron chi connectivity index (χ0n) is 20.7. The van der Waals surface area contributed by atoms with Gasteiger partial charge in [-0.05, 0) is 57.0 Å². The molecule has 0 spiro atoms. The molecule has 3 heterocycles. The number of carbonyl (C=O) groups excluding carboxylic acids is 2. The van der Waals surface area contributed by atoms with E-state index in [2.05, 4.69) is 45.0 Å². The highest BCUT2D eigenvalue weighted by atomic mass is 16.5. The van der Waals surface area contributed by atoms with Crippen molar-refractivity contribution in [2.45, 2.75) is 58.0 Å². The third-order valence-corrected chi connectivity index (χ3v) is 6.66. The van der Waals surface area contributed by atoms with Gasteiger partial charge in [-0.1, -0.05) is 13.8 Å². The van der Waals surface area contributed by atoms with Gasteiger partial charge in [0, 0.05) is 30.6 Å². The summed E-state index contributed by atoms with van der Waals surface area (Å²) in [5, 5.41) is 12.5. The summed E-state index contributed by atoms with van der Waals surface area (Å²) in [6.45, 7) is 6.71. The maximum Gasteiger partial charge on any atom is 0.251 e. The van der Waals surface area contributed by atoms with E-state index in [1.807, 2.05) is 0 Å². The van der Waals surface area contributed by atoms with Crippen LogP contribution in [0.15, 0.2) is 24.4 Å². The molecule has 0 unspecified atom stereocenters. The van der Waals surface area contributed by atoms with Crippen LogP contribution < -0.4 is 30.9 Å². The molecule has 0 aliphatic carbocycles. The van der Waals surface area contributed by atoms with E-state index in [1.54, 1.807) is 31.5 Å². The summed E-state index contributed by atoms with van der Waals surface area (Å²) >= 11 is 0. The number of amides is 2. The molecule has 10 heteroatoms. The number of benzene rings is 1. The minimum atomic E-state index is -0.111. The van der Waals surface area contributed by atoms with Gasteiger partial charge in [-0.3, -0.25) is 9.59 Å². The summed E-state index contributed by atoms with van der Waals surface area (Å²) in [5.74, 6) is 1.47. The van der Waals surface area contributed by atoms with Crippen molar-refractivity contribution in [2.75, 3.05) is 42.3 Å². The highest BCUT2D eigenvalue weighted by molar-refractivity contribution is 5.96. The average molecular weight is 482 g/mol. The molecule has 35 heavy (non-hydrogen) atoms. The lowest BCUT2D eigenvalue weighted by Crippen LogP contribution is -2.42. The number of piperidine rings is 1. The van der Waals surface area contributed by atoms with Crippen LogP contribution in [-0.4, -0.2) is 60.6 Å². The standard InChI is InChI=1S/C25H35N7O3/c1-4-18(5-2)32-13-10-22(33)29-20-15-27-25(31-23(20)32)30-19-7-6-16(14-21(19)35-3)24(34)28-17-8-11-26-12-9-17/h6-7,14-15,17-18,26H,4-5,8-13H2,1-3H3,(H,28,34)(H,29,33)(H,27,30,31). The van der Waals surface area contributed by atoms with Crippen LogP contribution in [-0.2, 0) is 4.79 Å². The third kappa shape index (κ3) is 5.82. The summed E-state index contributed by atoms with van der Waals surface area (Å²) < 4.78 is 5.56. The van der Waals surface area contributed by atoms with Crippen molar-refractivity contribution in [1.82, 2.24) is 20.6 Å². The second kappa shape index (κ2) is 11.4. The van der Waals surface area contributed by atoms with Gasteiger partial charge in [0.15, 0.2) is 5.82 Å². The van der Waals surface area contributed by atoms with Gasteiger partial charge in [-0.15, -0.1) is 0 Å². The Morgan fingerprint density at radius 2 is 2.03 bits per heavy atom. The van der Waals surface area contributed by atoms with E-state index in [1.165, 1.54) is 0 Å². The Morgan fingerprint density at radius 3 is 2.74 bits per heavy atom. The third-order valence-electron chi connectivity index (χ3n) is 6.66. The van der Waals surface area contributed by atoms with Crippen molar-refractivity contribution in [3.8, 4) is 5.75 Å². The van der Waals surface area contributed by atoms with Gasteiger partial charge in [0.1, 0.15) is 11.4 Å². The van der Waals surface area contributed by atoms with Crippen molar-refractivity contribution < 1.29 is 14.3 Å². The molecule has 2 amide bonds. The molecule has 1 saturated heterocycles. The molecule has 188 valence electrons. The number of anilines is 4. The normalized spacial score (nSPS) is 16.3. The fourth-order valence-electron chi connectivity index (χ4n) is 4.66. The first-order valence-corrected chi connectivity index (χ1v) is 12.4.